The molecule has 0 aliphatic heterocycles. The van der Waals surface area contributed by atoms with Crippen LogP contribution in [0.2, 0.25) is 51.4 Å². The molecule has 0 aromatic carbocycles. The molecule has 0 amide bonds. The molecule has 0 saturated carbocycles. The van der Waals surface area contributed by atoms with Gasteiger partial charge in [-0.2, -0.15) is 0 Å². The van der Waals surface area contributed by atoms with Gasteiger partial charge in [-0.3, -0.25) is 0 Å². The third-order valence-corrected chi connectivity index (χ3v) is 15.8. The smallest absolute Gasteiger partial charge is 0.311 e. The summed E-state index contributed by atoms with van der Waals surface area (Å²) in [5.41, 5.74) is 0. The summed E-state index contributed by atoms with van der Waals surface area (Å²) in [6.07, 6.45) is 5.79. The van der Waals surface area contributed by atoms with Gasteiger partial charge in [-0.15, -0.1) is 0 Å². The van der Waals surface area contributed by atoms with Crippen LogP contribution in [0, 0.1) is 0 Å². The maximum Gasteiger partial charge on any atom is 0.311 e. The monoisotopic (exact) mass is 440 g/mol. The molecule has 0 aromatic rings. The highest BCUT2D eigenvalue weighted by atomic mass is 28.5. The van der Waals surface area contributed by atoms with E-state index in [1.807, 2.05) is 13.8 Å². The zero-order chi connectivity index (χ0) is 19.7. The molecule has 2 N–H and O–H groups in total. The Bertz CT molecular complexity index is 327. The minimum Gasteiger partial charge on any atom is -0.437 e. The third kappa shape index (κ3) is 19.6. The average Bonchev–Trinajstić information content (AvgIpc) is 2.36. The predicted molar refractivity (Wildman–Crippen MR) is 129 cm³/mol. The second-order valence-corrected chi connectivity index (χ2v) is 21.8. The molecular formula is C20H52O4Si3. The van der Waals surface area contributed by atoms with Gasteiger partial charge in [0.2, 0.25) is 0 Å². The van der Waals surface area contributed by atoms with E-state index in [1.54, 1.807) is 0 Å². The van der Waals surface area contributed by atoms with Crippen LogP contribution in [0.25, 0.3) is 0 Å². The maximum absolute atomic E-state index is 9.37. The molecule has 7 heteroatoms. The Labute approximate surface area is 174 Å². The van der Waals surface area contributed by atoms with Crippen LogP contribution in [0.1, 0.15) is 67.2 Å². The van der Waals surface area contributed by atoms with Gasteiger partial charge in [-0.25, -0.2) is 0 Å². The summed E-state index contributed by atoms with van der Waals surface area (Å²) in [4.78, 5) is 0. The average molecular weight is 441 g/mol. The summed E-state index contributed by atoms with van der Waals surface area (Å²) >= 11 is 0. The van der Waals surface area contributed by atoms with Gasteiger partial charge in [-0.05, 0) is 78.1 Å². The van der Waals surface area contributed by atoms with Crippen molar-refractivity contribution in [1.29, 1.82) is 0 Å². The minimum atomic E-state index is -2.11. The fraction of sp³-hybridized carbons (Fsp3) is 1.00. The van der Waals surface area contributed by atoms with E-state index in [0.29, 0.717) is 0 Å². The highest BCUT2D eigenvalue weighted by Gasteiger charge is 2.39. The maximum atomic E-state index is 9.37. The molecule has 0 aliphatic carbocycles. The summed E-state index contributed by atoms with van der Waals surface area (Å²) in [6, 6.07) is 2.27. The topological polar surface area (TPSA) is 58.9 Å². The first-order valence-electron chi connectivity index (χ1n) is 10.0. The van der Waals surface area contributed by atoms with Gasteiger partial charge in [0.05, 0.1) is 12.2 Å². The van der Waals surface area contributed by atoms with E-state index in [0.717, 1.165) is 50.6 Å². The molecule has 0 heterocycles. The lowest BCUT2D eigenvalue weighted by Crippen LogP contribution is -2.52. The van der Waals surface area contributed by atoms with Crippen molar-refractivity contribution in [2.45, 2.75) is 131 Å². The van der Waals surface area contributed by atoms with Crippen LogP contribution in [-0.4, -0.2) is 47.6 Å². The second kappa shape index (κ2) is 14.5. The van der Waals surface area contributed by atoms with Crippen molar-refractivity contribution in [3.05, 3.63) is 0 Å². The standard InChI is InChI=1S/C18H44O4Si3.2CH4/c1-17(19)13-9-11-15-23(3,4)21-25(7,8)22-24(5,6)16-12-10-14-18(2)20;;/h17-20H,9-16H2,1-8H3;2*1H4. The van der Waals surface area contributed by atoms with Gasteiger partial charge in [0.1, 0.15) is 0 Å². The lowest BCUT2D eigenvalue weighted by atomic mass is 10.2. The highest BCUT2D eigenvalue weighted by molar-refractivity contribution is 6.87. The summed E-state index contributed by atoms with van der Waals surface area (Å²) in [5, 5.41) is 18.7. The van der Waals surface area contributed by atoms with Crippen LogP contribution in [0.5, 0.6) is 0 Å². The number of hydrogen-bond acceptors (Lipinski definition) is 4. The Hall–Kier alpha value is 0.491. The zero-order valence-corrected chi connectivity index (χ0v) is 21.0. The Kier molecular flexibility index (Phi) is 17.2. The molecule has 2 unspecified atom stereocenters. The van der Waals surface area contributed by atoms with Crippen LogP contribution < -0.4 is 0 Å². The van der Waals surface area contributed by atoms with Crippen LogP contribution in [-0.2, 0) is 8.23 Å². The number of aliphatic hydroxyl groups is 2. The summed E-state index contributed by atoms with van der Waals surface area (Å²) in [5.74, 6) is 0. The Morgan fingerprint density at radius 3 is 1.19 bits per heavy atom. The Balaban J connectivity index is -0.00000288. The molecule has 0 spiro atoms. The van der Waals surface area contributed by atoms with Gasteiger partial charge in [0.15, 0.2) is 16.6 Å². The Morgan fingerprint density at radius 1 is 0.630 bits per heavy atom. The van der Waals surface area contributed by atoms with Gasteiger partial charge < -0.3 is 18.4 Å². The lowest BCUT2D eigenvalue weighted by Gasteiger charge is -2.39. The first-order chi connectivity index (χ1) is 11.2. The van der Waals surface area contributed by atoms with Crippen molar-refractivity contribution in [3.63, 3.8) is 0 Å². The molecule has 4 nitrogen and oxygen atoms in total. The number of rotatable bonds is 14. The van der Waals surface area contributed by atoms with Crippen molar-refractivity contribution >= 4 is 25.2 Å². The molecule has 27 heavy (non-hydrogen) atoms. The zero-order valence-electron chi connectivity index (χ0n) is 18.0. The highest BCUT2D eigenvalue weighted by Crippen LogP contribution is 2.27. The molecule has 168 valence electrons. The van der Waals surface area contributed by atoms with Crippen LogP contribution >= 0.6 is 0 Å². The number of aliphatic hydroxyl groups excluding tert-OH is 2. The quantitative estimate of drug-likeness (QED) is 0.239. The molecule has 0 fully saturated rings. The molecule has 0 aliphatic rings. The summed E-state index contributed by atoms with van der Waals surface area (Å²) in [7, 11) is -5.55. The van der Waals surface area contributed by atoms with Crippen LogP contribution in [0.3, 0.4) is 0 Å². The SMILES string of the molecule is C.C.CC(O)CCCC[Si](C)(C)O[Si](C)(C)O[Si](C)(C)CCCCC(C)O. The summed E-state index contributed by atoms with van der Waals surface area (Å²) in [6.45, 7) is 17.3. The predicted octanol–water partition coefficient (Wildman–Crippen LogP) is 6.51. The van der Waals surface area contributed by atoms with Crippen molar-refractivity contribution in [2.24, 2.45) is 0 Å². The fourth-order valence-corrected chi connectivity index (χ4v) is 17.6. The molecular weight excluding hydrogens is 388 g/mol. The third-order valence-electron chi connectivity index (χ3n) is 4.35. The number of hydrogen-bond donors (Lipinski definition) is 2. The Morgan fingerprint density at radius 2 is 0.926 bits per heavy atom. The van der Waals surface area contributed by atoms with Crippen molar-refractivity contribution in [3.8, 4) is 0 Å². The molecule has 0 saturated heterocycles. The first-order valence-corrected chi connectivity index (χ1v) is 19.1. The molecule has 0 aromatic heterocycles. The van der Waals surface area contributed by atoms with E-state index in [9.17, 15) is 10.2 Å². The van der Waals surface area contributed by atoms with E-state index < -0.39 is 25.2 Å². The molecule has 0 bridgehead atoms. The lowest BCUT2D eigenvalue weighted by molar-refractivity contribution is 0.180. The van der Waals surface area contributed by atoms with E-state index in [-0.39, 0.29) is 27.1 Å². The van der Waals surface area contributed by atoms with Crippen molar-refractivity contribution in [1.82, 2.24) is 0 Å². The van der Waals surface area contributed by atoms with E-state index in [4.69, 9.17) is 8.23 Å². The minimum absolute atomic E-state index is 0. The largest absolute Gasteiger partial charge is 0.437 e. The van der Waals surface area contributed by atoms with Gasteiger partial charge in [0, 0.05) is 0 Å². The molecule has 2 atom stereocenters. The first kappa shape index (κ1) is 32.2. The van der Waals surface area contributed by atoms with E-state index in [1.165, 1.54) is 0 Å². The second-order valence-electron chi connectivity index (χ2n) is 9.31. The fourth-order valence-electron chi connectivity index (χ4n) is 3.43. The molecule has 0 rings (SSSR count). The van der Waals surface area contributed by atoms with Crippen LogP contribution in [0.15, 0.2) is 0 Å². The van der Waals surface area contributed by atoms with E-state index in [2.05, 4.69) is 39.3 Å². The molecule has 0 radical (unpaired) electrons. The van der Waals surface area contributed by atoms with Crippen molar-refractivity contribution < 1.29 is 18.4 Å². The number of unbranched alkanes of at least 4 members (excludes halogenated alkanes) is 2. The van der Waals surface area contributed by atoms with Gasteiger partial charge in [-0.1, -0.05) is 40.5 Å². The normalized spacial score (nSPS) is 14.9. The van der Waals surface area contributed by atoms with Gasteiger partial charge in [0.25, 0.3) is 0 Å². The van der Waals surface area contributed by atoms with Crippen LogP contribution in [0.4, 0.5) is 0 Å². The summed E-state index contributed by atoms with van der Waals surface area (Å²) < 4.78 is 13.2. The van der Waals surface area contributed by atoms with Gasteiger partial charge >= 0.3 is 8.56 Å². The van der Waals surface area contributed by atoms with Crippen molar-refractivity contribution in [2.75, 3.05) is 0 Å². The van der Waals surface area contributed by atoms with E-state index >= 15 is 0 Å².